The minimum atomic E-state index is -0.189. The summed E-state index contributed by atoms with van der Waals surface area (Å²) in [6.45, 7) is 2.75. The SMILES string of the molecule is COc1ccc(C(=O)N2CCc3nc(Cc4ccc(C)cc4)[nH]c(=O)c3C2)c(OC)c1. The number of aromatic nitrogens is 2. The van der Waals surface area contributed by atoms with E-state index in [1.54, 1.807) is 30.2 Å². The van der Waals surface area contributed by atoms with Gasteiger partial charge >= 0.3 is 0 Å². The molecule has 1 aliphatic rings. The van der Waals surface area contributed by atoms with Crippen LogP contribution >= 0.6 is 0 Å². The number of aromatic amines is 1. The van der Waals surface area contributed by atoms with Gasteiger partial charge in [-0.05, 0) is 24.6 Å². The zero-order chi connectivity index (χ0) is 22.0. The average molecular weight is 419 g/mol. The lowest BCUT2D eigenvalue weighted by Gasteiger charge is -2.28. The van der Waals surface area contributed by atoms with Gasteiger partial charge in [0.15, 0.2) is 0 Å². The van der Waals surface area contributed by atoms with Crippen LogP contribution in [0.4, 0.5) is 0 Å². The number of methoxy groups -OCH3 is 2. The Morgan fingerprint density at radius 3 is 2.61 bits per heavy atom. The number of ether oxygens (including phenoxy) is 2. The molecule has 1 aliphatic heterocycles. The van der Waals surface area contributed by atoms with E-state index in [4.69, 9.17) is 9.47 Å². The molecule has 4 rings (SSSR count). The van der Waals surface area contributed by atoms with Gasteiger partial charge in [0.2, 0.25) is 0 Å². The summed E-state index contributed by atoms with van der Waals surface area (Å²) < 4.78 is 10.6. The molecule has 2 heterocycles. The van der Waals surface area contributed by atoms with E-state index < -0.39 is 0 Å². The van der Waals surface area contributed by atoms with Crippen LogP contribution in [-0.4, -0.2) is 41.5 Å². The Bertz CT molecular complexity index is 1170. The number of hydrogen-bond donors (Lipinski definition) is 1. The number of benzene rings is 2. The number of carbonyl (C=O) groups is 1. The third-order valence-electron chi connectivity index (χ3n) is 5.54. The van der Waals surface area contributed by atoms with Gasteiger partial charge in [-0.1, -0.05) is 29.8 Å². The van der Waals surface area contributed by atoms with Gasteiger partial charge in [-0.3, -0.25) is 9.59 Å². The molecular formula is C24H25N3O4. The summed E-state index contributed by atoms with van der Waals surface area (Å²) in [6, 6.07) is 13.2. The smallest absolute Gasteiger partial charge is 0.257 e. The molecule has 3 aromatic rings. The number of hydrogen-bond acceptors (Lipinski definition) is 5. The number of nitrogens with one attached hydrogen (secondary N) is 1. The van der Waals surface area contributed by atoms with Crippen LogP contribution in [0.15, 0.2) is 47.3 Å². The summed E-state index contributed by atoms with van der Waals surface area (Å²) in [5, 5.41) is 0. The largest absolute Gasteiger partial charge is 0.497 e. The normalized spacial score (nSPS) is 12.9. The molecule has 2 aromatic carbocycles. The molecule has 0 saturated heterocycles. The number of amides is 1. The molecule has 0 spiro atoms. The minimum absolute atomic E-state index is 0.187. The van der Waals surface area contributed by atoms with E-state index in [-0.39, 0.29) is 18.0 Å². The van der Waals surface area contributed by atoms with Crippen molar-refractivity contribution in [1.29, 1.82) is 0 Å². The van der Waals surface area contributed by atoms with Crippen LogP contribution in [0.1, 0.15) is 38.6 Å². The number of fused-ring (bicyclic) bond motifs is 1. The lowest BCUT2D eigenvalue weighted by molar-refractivity contribution is 0.0729. The highest BCUT2D eigenvalue weighted by Crippen LogP contribution is 2.27. The molecule has 7 nitrogen and oxygen atoms in total. The first kappa shape index (κ1) is 20.7. The van der Waals surface area contributed by atoms with Crippen molar-refractivity contribution in [1.82, 2.24) is 14.9 Å². The molecule has 0 saturated carbocycles. The van der Waals surface area contributed by atoms with E-state index in [0.29, 0.717) is 47.8 Å². The van der Waals surface area contributed by atoms with Crippen molar-refractivity contribution < 1.29 is 14.3 Å². The fourth-order valence-corrected chi connectivity index (χ4v) is 3.78. The van der Waals surface area contributed by atoms with Crippen molar-refractivity contribution in [3.63, 3.8) is 0 Å². The first-order valence-corrected chi connectivity index (χ1v) is 10.2. The van der Waals surface area contributed by atoms with Crippen molar-refractivity contribution in [2.24, 2.45) is 0 Å². The maximum Gasteiger partial charge on any atom is 0.257 e. The Balaban J connectivity index is 1.55. The molecule has 1 amide bonds. The van der Waals surface area contributed by atoms with E-state index in [0.717, 1.165) is 11.3 Å². The van der Waals surface area contributed by atoms with E-state index in [2.05, 4.69) is 9.97 Å². The Labute approximate surface area is 180 Å². The van der Waals surface area contributed by atoms with Crippen LogP contribution < -0.4 is 15.0 Å². The van der Waals surface area contributed by atoms with E-state index in [9.17, 15) is 9.59 Å². The summed E-state index contributed by atoms with van der Waals surface area (Å²) in [7, 11) is 3.07. The first-order valence-electron chi connectivity index (χ1n) is 10.2. The molecule has 1 N–H and O–H groups in total. The molecule has 0 unspecified atom stereocenters. The Morgan fingerprint density at radius 1 is 1.13 bits per heavy atom. The van der Waals surface area contributed by atoms with Crippen molar-refractivity contribution in [3.05, 3.63) is 86.6 Å². The third-order valence-corrected chi connectivity index (χ3v) is 5.54. The molecule has 0 fully saturated rings. The van der Waals surface area contributed by atoms with E-state index >= 15 is 0 Å². The van der Waals surface area contributed by atoms with Gasteiger partial charge in [0.1, 0.15) is 17.3 Å². The van der Waals surface area contributed by atoms with Crippen molar-refractivity contribution in [2.75, 3.05) is 20.8 Å². The van der Waals surface area contributed by atoms with Crippen LogP contribution in [0, 0.1) is 6.92 Å². The van der Waals surface area contributed by atoms with Crippen LogP contribution in [0.25, 0.3) is 0 Å². The Hall–Kier alpha value is -3.61. The summed E-state index contributed by atoms with van der Waals surface area (Å²) >= 11 is 0. The molecular weight excluding hydrogens is 394 g/mol. The Morgan fingerprint density at radius 2 is 1.90 bits per heavy atom. The second kappa shape index (κ2) is 8.63. The highest BCUT2D eigenvalue weighted by atomic mass is 16.5. The Kier molecular flexibility index (Phi) is 5.75. The minimum Gasteiger partial charge on any atom is -0.497 e. The number of nitrogens with zero attached hydrogens (tertiary/aromatic N) is 2. The molecule has 1 aromatic heterocycles. The molecule has 7 heteroatoms. The van der Waals surface area contributed by atoms with Gasteiger partial charge in [-0.2, -0.15) is 0 Å². The fraction of sp³-hybridized carbons (Fsp3) is 0.292. The second-order valence-electron chi connectivity index (χ2n) is 7.64. The predicted molar refractivity (Wildman–Crippen MR) is 117 cm³/mol. The zero-order valence-corrected chi connectivity index (χ0v) is 17.9. The van der Waals surface area contributed by atoms with Crippen molar-refractivity contribution in [3.8, 4) is 11.5 Å². The average Bonchev–Trinajstić information content (AvgIpc) is 2.79. The highest BCUT2D eigenvalue weighted by Gasteiger charge is 2.27. The van der Waals surface area contributed by atoms with Gasteiger partial charge in [0, 0.05) is 25.5 Å². The van der Waals surface area contributed by atoms with Gasteiger partial charge in [0.05, 0.1) is 37.6 Å². The molecule has 0 atom stereocenters. The summed E-state index contributed by atoms with van der Waals surface area (Å²) in [5.74, 6) is 1.51. The predicted octanol–water partition coefficient (Wildman–Crippen LogP) is 2.88. The number of aryl methyl sites for hydroxylation is 1. The monoisotopic (exact) mass is 419 g/mol. The summed E-state index contributed by atoms with van der Waals surface area (Å²) in [4.78, 5) is 35.1. The molecule has 0 radical (unpaired) electrons. The van der Waals surface area contributed by atoms with Gasteiger partial charge in [-0.15, -0.1) is 0 Å². The molecule has 31 heavy (non-hydrogen) atoms. The van der Waals surface area contributed by atoms with Crippen LogP contribution in [0.3, 0.4) is 0 Å². The number of H-pyrrole nitrogens is 1. The van der Waals surface area contributed by atoms with E-state index in [1.807, 2.05) is 31.2 Å². The maximum atomic E-state index is 13.1. The zero-order valence-electron chi connectivity index (χ0n) is 17.9. The maximum absolute atomic E-state index is 13.1. The van der Waals surface area contributed by atoms with Crippen molar-refractivity contribution >= 4 is 5.91 Å². The number of carbonyl (C=O) groups excluding carboxylic acids is 1. The van der Waals surface area contributed by atoms with Gasteiger partial charge < -0.3 is 19.4 Å². The lowest BCUT2D eigenvalue weighted by Crippen LogP contribution is -2.40. The third kappa shape index (κ3) is 4.30. The summed E-state index contributed by atoms with van der Waals surface area (Å²) in [6.07, 6.45) is 1.10. The molecule has 0 aliphatic carbocycles. The topological polar surface area (TPSA) is 84.5 Å². The van der Waals surface area contributed by atoms with Gasteiger partial charge in [-0.25, -0.2) is 4.98 Å². The second-order valence-corrected chi connectivity index (χ2v) is 7.64. The van der Waals surface area contributed by atoms with Crippen LogP contribution in [0.5, 0.6) is 11.5 Å². The quantitative estimate of drug-likeness (QED) is 0.687. The standard InChI is InChI=1S/C24H25N3O4/c1-15-4-6-16(7-5-15)12-22-25-20-10-11-27(14-19(20)23(28)26-22)24(29)18-9-8-17(30-2)13-21(18)31-3/h4-9,13H,10-12,14H2,1-3H3,(H,25,26,28). The fourth-order valence-electron chi connectivity index (χ4n) is 3.78. The molecule has 160 valence electrons. The van der Waals surface area contributed by atoms with Crippen LogP contribution in [0.2, 0.25) is 0 Å². The highest BCUT2D eigenvalue weighted by molar-refractivity contribution is 5.97. The molecule has 0 bridgehead atoms. The lowest BCUT2D eigenvalue weighted by atomic mass is 10.0. The first-order chi connectivity index (χ1) is 15.0. The van der Waals surface area contributed by atoms with Crippen molar-refractivity contribution in [2.45, 2.75) is 26.3 Å². The summed E-state index contributed by atoms with van der Waals surface area (Å²) in [5.41, 5.74) is 3.83. The van der Waals surface area contributed by atoms with Gasteiger partial charge in [0.25, 0.3) is 11.5 Å². The number of rotatable bonds is 5. The van der Waals surface area contributed by atoms with E-state index in [1.165, 1.54) is 12.7 Å². The van der Waals surface area contributed by atoms with Crippen LogP contribution in [-0.2, 0) is 19.4 Å².